The standard InChI is InChI=1S/C22H26F2N2O5/c1-22(2,3)31-21(29)26-11-12-4-5-15(6-13(12)7-18(26)20(27)28)30-19-9-14(23)8-17(24)16(19)10-25/h8-9,12-13,15,18H,4-7,11H2,1-3H3,(H,27,28). The summed E-state index contributed by atoms with van der Waals surface area (Å²) in [4.78, 5) is 25.7. The van der Waals surface area contributed by atoms with Gasteiger partial charge in [0.2, 0.25) is 0 Å². The number of aliphatic carboxylic acids is 1. The first-order valence-electron chi connectivity index (χ1n) is 10.3. The molecule has 2 fully saturated rings. The van der Waals surface area contributed by atoms with Gasteiger partial charge < -0.3 is 14.6 Å². The quantitative estimate of drug-likeness (QED) is 0.766. The van der Waals surface area contributed by atoms with Crippen LogP contribution in [0.2, 0.25) is 0 Å². The van der Waals surface area contributed by atoms with E-state index in [0.717, 1.165) is 6.07 Å². The summed E-state index contributed by atoms with van der Waals surface area (Å²) in [6.45, 7) is 5.43. The van der Waals surface area contributed by atoms with Gasteiger partial charge in [-0.1, -0.05) is 0 Å². The molecule has 3 rings (SSSR count). The predicted molar refractivity (Wildman–Crippen MR) is 105 cm³/mol. The molecule has 9 heteroatoms. The number of benzene rings is 1. The second-order valence-electron chi connectivity index (χ2n) is 9.17. The Kier molecular flexibility index (Phi) is 6.39. The fraction of sp³-hybridized carbons (Fsp3) is 0.591. The molecule has 1 amide bonds. The van der Waals surface area contributed by atoms with E-state index < -0.39 is 41.4 Å². The average Bonchev–Trinajstić information content (AvgIpc) is 2.65. The molecule has 1 aliphatic carbocycles. The fourth-order valence-corrected chi connectivity index (χ4v) is 4.40. The highest BCUT2D eigenvalue weighted by Gasteiger charge is 2.45. The molecule has 0 radical (unpaired) electrons. The zero-order chi connectivity index (χ0) is 22.9. The fourth-order valence-electron chi connectivity index (χ4n) is 4.40. The molecule has 1 saturated heterocycles. The number of amides is 1. The van der Waals surface area contributed by atoms with Crippen molar-refractivity contribution < 1.29 is 33.0 Å². The third kappa shape index (κ3) is 5.24. The molecule has 0 spiro atoms. The van der Waals surface area contributed by atoms with Crippen LogP contribution in [0.4, 0.5) is 13.6 Å². The Labute approximate surface area is 179 Å². The molecule has 0 aromatic heterocycles. The second kappa shape index (κ2) is 8.69. The molecule has 31 heavy (non-hydrogen) atoms. The van der Waals surface area contributed by atoms with Crippen molar-refractivity contribution in [1.29, 1.82) is 5.26 Å². The van der Waals surface area contributed by atoms with Gasteiger partial charge in [0.25, 0.3) is 0 Å². The molecule has 4 unspecified atom stereocenters. The number of carbonyl (C=O) groups excluding carboxylic acids is 1. The molecule has 4 atom stereocenters. The van der Waals surface area contributed by atoms with Gasteiger partial charge >= 0.3 is 12.1 Å². The number of piperidine rings is 1. The Morgan fingerprint density at radius 2 is 1.90 bits per heavy atom. The summed E-state index contributed by atoms with van der Waals surface area (Å²) in [5.41, 5.74) is -1.09. The monoisotopic (exact) mass is 436 g/mol. The normalized spacial score (nSPS) is 25.9. The lowest BCUT2D eigenvalue weighted by Gasteiger charge is -2.46. The van der Waals surface area contributed by atoms with E-state index in [4.69, 9.17) is 14.7 Å². The van der Waals surface area contributed by atoms with Crippen molar-refractivity contribution in [3.63, 3.8) is 0 Å². The summed E-state index contributed by atoms with van der Waals surface area (Å²) in [7, 11) is 0. The number of halogens is 2. The molecular weight excluding hydrogens is 410 g/mol. The Morgan fingerprint density at radius 3 is 2.52 bits per heavy atom. The maximum absolute atomic E-state index is 13.9. The number of nitriles is 1. The third-order valence-corrected chi connectivity index (χ3v) is 5.76. The number of rotatable bonds is 3. The molecule has 1 saturated carbocycles. The molecule has 168 valence electrons. The lowest BCUT2D eigenvalue weighted by atomic mass is 9.72. The van der Waals surface area contributed by atoms with Crippen molar-refractivity contribution in [2.45, 2.75) is 64.2 Å². The minimum Gasteiger partial charge on any atom is -0.489 e. The molecule has 1 aliphatic heterocycles. The van der Waals surface area contributed by atoms with E-state index in [2.05, 4.69) is 0 Å². The summed E-state index contributed by atoms with van der Waals surface area (Å²) in [6.07, 6.45) is 0.870. The van der Waals surface area contributed by atoms with E-state index in [1.54, 1.807) is 26.8 Å². The molecule has 0 bridgehead atoms. The van der Waals surface area contributed by atoms with Crippen LogP contribution in [0.15, 0.2) is 12.1 Å². The van der Waals surface area contributed by atoms with Crippen LogP contribution in [-0.2, 0) is 9.53 Å². The van der Waals surface area contributed by atoms with Gasteiger partial charge in [-0.3, -0.25) is 4.90 Å². The van der Waals surface area contributed by atoms with Crippen molar-refractivity contribution in [3.8, 4) is 11.8 Å². The van der Waals surface area contributed by atoms with E-state index >= 15 is 0 Å². The van der Waals surface area contributed by atoms with Crippen molar-refractivity contribution in [3.05, 3.63) is 29.3 Å². The van der Waals surface area contributed by atoms with E-state index in [1.807, 2.05) is 0 Å². The molecule has 1 aromatic rings. The highest BCUT2D eigenvalue weighted by atomic mass is 19.1. The second-order valence-corrected chi connectivity index (χ2v) is 9.17. The van der Waals surface area contributed by atoms with Gasteiger partial charge in [0.05, 0.1) is 6.10 Å². The van der Waals surface area contributed by atoms with Crippen molar-refractivity contribution in [2.75, 3.05) is 6.54 Å². The summed E-state index contributed by atoms with van der Waals surface area (Å²) in [5, 5.41) is 18.8. The minimum atomic E-state index is -1.11. The smallest absolute Gasteiger partial charge is 0.411 e. The van der Waals surface area contributed by atoms with Gasteiger partial charge in [0, 0.05) is 18.7 Å². The highest BCUT2D eigenvalue weighted by Crippen LogP contribution is 2.41. The zero-order valence-electron chi connectivity index (χ0n) is 17.7. The summed E-state index contributed by atoms with van der Waals surface area (Å²) in [5.74, 6) is -3.04. The van der Waals surface area contributed by atoms with Crippen molar-refractivity contribution in [2.24, 2.45) is 11.8 Å². The van der Waals surface area contributed by atoms with Gasteiger partial charge in [0.15, 0.2) is 0 Å². The number of likely N-dealkylation sites (tertiary alicyclic amines) is 1. The SMILES string of the molecule is CC(C)(C)OC(=O)N1CC2CCC(Oc3cc(F)cc(F)c3C#N)CC2CC1C(=O)O. The first-order valence-corrected chi connectivity index (χ1v) is 10.3. The number of hydrogen-bond acceptors (Lipinski definition) is 5. The molecule has 1 heterocycles. The maximum atomic E-state index is 13.9. The van der Waals surface area contributed by atoms with Gasteiger partial charge in [0.1, 0.15) is 40.7 Å². The van der Waals surface area contributed by atoms with E-state index in [9.17, 15) is 23.5 Å². The first kappa shape index (κ1) is 22.8. The van der Waals surface area contributed by atoms with Gasteiger partial charge in [-0.2, -0.15) is 5.26 Å². The van der Waals surface area contributed by atoms with Crippen LogP contribution in [0.1, 0.15) is 52.0 Å². The number of hydrogen-bond donors (Lipinski definition) is 1. The first-order chi connectivity index (χ1) is 14.5. The van der Waals surface area contributed by atoms with Gasteiger partial charge in [-0.05, 0) is 58.3 Å². The molecule has 1 aromatic carbocycles. The average molecular weight is 436 g/mol. The van der Waals surface area contributed by atoms with Gasteiger partial charge in [-0.25, -0.2) is 18.4 Å². The Balaban J connectivity index is 1.73. The van der Waals surface area contributed by atoms with E-state index in [0.29, 0.717) is 25.3 Å². The molecule has 2 aliphatic rings. The number of carbonyl (C=O) groups is 2. The summed E-state index contributed by atoms with van der Waals surface area (Å²) < 4.78 is 38.6. The van der Waals surface area contributed by atoms with Crippen LogP contribution in [0, 0.1) is 34.8 Å². The lowest BCUT2D eigenvalue weighted by molar-refractivity contribution is -0.147. The van der Waals surface area contributed by atoms with Crippen LogP contribution in [0.25, 0.3) is 0 Å². The minimum absolute atomic E-state index is 0.0394. The molecule has 7 nitrogen and oxygen atoms in total. The Morgan fingerprint density at radius 1 is 1.19 bits per heavy atom. The van der Waals surface area contributed by atoms with E-state index in [1.165, 1.54) is 4.90 Å². The molecular formula is C22H26F2N2O5. The van der Waals surface area contributed by atoms with Crippen molar-refractivity contribution in [1.82, 2.24) is 4.90 Å². The van der Waals surface area contributed by atoms with Crippen LogP contribution >= 0.6 is 0 Å². The van der Waals surface area contributed by atoms with Crippen LogP contribution in [-0.4, -0.2) is 46.4 Å². The lowest BCUT2D eigenvalue weighted by Crippen LogP contribution is -2.56. The maximum Gasteiger partial charge on any atom is 0.411 e. The van der Waals surface area contributed by atoms with Crippen LogP contribution in [0.5, 0.6) is 5.75 Å². The Bertz CT molecular complexity index is 908. The zero-order valence-corrected chi connectivity index (χ0v) is 17.7. The van der Waals surface area contributed by atoms with Crippen LogP contribution in [0.3, 0.4) is 0 Å². The van der Waals surface area contributed by atoms with Gasteiger partial charge in [-0.15, -0.1) is 0 Å². The largest absolute Gasteiger partial charge is 0.489 e. The number of ether oxygens (including phenoxy) is 2. The number of carboxylic acid groups (broad SMARTS) is 1. The van der Waals surface area contributed by atoms with Crippen LogP contribution < -0.4 is 4.74 Å². The van der Waals surface area contributed by atoms with Crippen molar-refractivity contribution >= 4 is 12.1 Å². The number of nitrogens with zero attached hydrogens (tertiary/aromatic N) is 2. The topological polar surface area (TPSA) is 99.9 Å². The molecule has 1 N–H and O–H groups in total. The summed E-state index contributed by atoms with van der Waals surface area (Å²) >= 11 is 0. The Hall–Kier alpha value is -2.89. The highest BCUT2D eigenvalue weighted by molar-refractivity contribution is 5.80. The number of carboxylic acids is 1. The van der Waals surface area contributed by atoms with E-state index in [-0.39, 0.29) is 36.1 Å². The summed E-state index contributed by atoms with van der Waals surface area (Å²) in [6, 6.07) is 2.29. The predicted octanol–water partition coefficient (Wildman–Crippen LogP) is 4.09. The third-order valence-electron chi connectivity index (χ3n) is 5.76. The number of fused-ring (bicyclic) bond motifs is 1.